The molecule has 0 aliphatic carbocycles. The first-order valence-corrected chi connectivity index (χ1v) is 6.02. The molecule has 106 valence electrons. The van der Waals surface area contributed by atoms with Crippen LogP contribution in [0.5, 0.6) is 5.75 Å². The minimum atomic E-state index is -1.00. The molecule has 3 N–H and O–H groups in total. The van der Waals surface area contributed by atoms with Crippen molar-refractivity contribution in [2.75, 3.05) is 0 Å². The Hall–Kier alpha value is -3.15. The third-order valence-electron chi connectivity index (χ3n) is 2.67. The maximum Gasteiger partial charge on any atom is 0.335 e. The van der Waals surface area contributed by atoms with Crippen molar-refractivity contribution in [1.29, 1.82) is 0 Å². The van der Waals surface area contributed by atoms with Crippen LogP contribution in [0.1, 0.15) is 26.3 Å². The molecule has 6 nitrogen and oxygen atoms in total. The molecule has 0 spiro atoms. The number of benzene rings is 2. The molecule has 0 heterocycles. The lowest BCUT2D eigenvalue weighted by atomic mass is 10.1. The Balaban J connectivity index is 1.97. The van der Waals surface area contributed by atoms with Crippen molar-refractivity contribution in [2.24, 2.45) is 5.10 Å². The normalized spacial score (nSPS) is 10.5. The molecular weight excluding hydrogens is 272 g/mol. The number of nitrogens with zero attached hydrogens (tertiary/aromatic N) is 1. The second-order valence-electron chi connectivity index (χ2n) is 4.17. The summed E-state index contributed by atoms with van der Waals surface area (Å²) in [7, 11) is 0. The molecule has 2 rings (SSSR count). The molecule has 0 unspecified atom stereocenters. The molecule has 0 atom stereocenters. The summed E-state index contributed by atoms with van der Waals surface area (Å²) in [5, 5.41) is 21.7. The van der Waals surface area contributed by atoms with Gasteiger partial charge in [-0.25, -0.2) is 10.2 Å². The Kier molecular flexibility index (Phi) is 4.30. The third-order valence-corrected chi connectivity index (χ3v) is 2.67. The van der Waals surface area contributed by atoms with Gasteiger partial charge in [-0.05, 0) is 42.0 Å². The van der Waals surface area contributed by atoms with Gasteiger partial charge in [0.2, 0.25) is 0 Å². The lowest BCUT2D eigenvalue weighted by molar-refractivity contribution is 0.0696. The van der Waals surface area contributed by atoms with E-state index in [2.05, 4.69) is 10.5 Å². The average Bonchev–Trinajstić information content (AvgIpc) is 2.48. The molecule has 0 aliphatic heterocycles. The van der Waals surface area contributed by atoms with E-state index in [1.807, 2.05) is 0 Å². The predicted octanol–water partition coefficient (Wildman–Crippen LogP) is 1.85. The Labute approximate surface area is 120 Å². The van der Waals surface area contributed by atoms with Crippen molar-refractivity contribution in [1.82, 2.24) is 5.43 Å². The number of nitrogens with one attached hydrogen (secondary N) is 1. The van der Waals surface area contributed by atoms with Gasteiger partial charge in [-0.2, -0.15) is 5.10 Å². The van der Waals surface area contributed by atoms with Crippen LogP contribution in [-0.4, -0.2) is 28.3 Å². The van der Waals surface area contributed by atoms with Gasteiger partial charge < -0.3 is 10.2 Å². The Morgan fingerprint density at radius 1 is 0.952 bits per heavy atom. The van der Waals surface area contributed by atoms with E-state index in [-0.39, 0.29) is 11.3 Å². The number of hydrazone groups is 1. The Morgan fingerprint density at radius 2 is 1.52 bits per heavy atom. The predicted molar refractivity (Wildman–Crippen MR) is 76.6 cm³/mol. The van der Waals surface area contributed by atoms with Crippen molar-refractivity contribution in [3.05, 3.63) is 65.2 Å². The average molecular weight is 284 g/mol. The molecule has 21 heavy (non-hydrogen) atoms. The van der Waals surface area contributed by atoms with Crippen LogP contribution in [0.3, 0.4) is 0 Å². The van der Waals surface area contributed by atoms with Gasteiger partial charge in [0.15, 0.2) is 0 Å². The standard InChI is InChI=1S/C15H12N2O4/c18-13-7-5-11(6-8-13)14(19)17-16-9-10-1-3-12(4-2-10)15(20)21/h1-9,18H,(H,17,19)(H,20,21)/b16-9-. The second-order valence-corrected chi connectivity index (χ2v) is 4.17. The molecule has 1 amide bonds. The van der Waals surface area contributed by atoms with E-state index in [9.17, 15) is 9.59 Å². The van der Waals surface area contributed by atoms with Crippen molar-refractivity contribution < 1.29 is 19.8 Å². The molecule has 2 aromatic carbocycles. The van der Waals surface area contributed by atoms with Gasteiger partial charge in [0, 0.05) is 5.56 Å². The third kappa shape index (κ3) is 3.90. The van der Waals surface area contributed by atoms with Crippen LogP contribution in [0.2, 0.25) is 0 Å². The molecule has 0 radical (unpaired) electrons. The van der Waals surface area contributed by atoms with E-state index in [1.165, 1.54) is 42.6 Å². The number of hydrogen-bond donors (Lipinski definition) is 3. The van der Waals surface area contributed by atoms with Gasteiger partial charge in [-0.1, -0.05) is 12.1 Å². The van der Waals surface area contributed by atoms with Crippen LogP contribution in [0.4, 0.5) is 0 Å². The smallest absolute Gasteiger partial charge is 0.335 e. The van der Waals surface area contributed by atoms with Crippen molar-refractivity contribution in [3.63, 3.8) is 0 Å². The van der Waals surface area contributed by atoms with Gasteiger partial charge in [0.05, 0.1) is 11.8 Å². The molecule has 0 saturated heterocycles. The van der Waals surface area contributed by atoms with Crippen LogP contribution in [0.15, 0.2) is 53.6 Å². The first-order chi connectivity index (χ1) is 10.1. The zero-order valence-corrected chi connectivity index (χ0v) is 10.9. The van der Waals surface area contributed by atoms with E-state index in [0.29, 0.717) is 11.1 Å². The van der Waals surface area contributed by atoms with Gasteiger partial charge in [-0.15, -0.1) is 0 Å². The molecule has 0 saturated carbocycles. The summed E-state index contributed by atoms with van der Waals surface area (Å²) in [6, 6.07) is 11.8. The zero-order valence-electron chi connectivity index (χ0n) is 10.9. The van der Waals surface area contributed by atoms with Gasteiger partial charge in [-0.3, -0.25) is 4.79 Å². The number of aromatic carboxylic acids is 1. The number of aromatic hydroxyl groups is 1. The second kappa shape index (κ2) is 6.33. The van der Waals surface area contributed by atoms with Crippen LogP contribution < -0.4 is 5.43 Å². The number of amides is 1. The van der Waals surface area contributed by atoms with E-state index < -0.39 is 11.9 Å². The summed E-state index contributed by atoms with van der Waals surface area (Å²) in [5.74, 6) is -1.33. The lowest BCUT2D eigenvalue weighted by Crippen LogP contribution is -2.17. The maximum atomic E-state index is 11.7. The molecule has 0 aromatic heterocycles. The van der Waals surface area contributed by atoms with Crippen molar-refractivity contribution in [2.45, 2.75) is 0 Å². The van der Waals surface area contributed by atoms with Crippen molar-refractivity contribution >= 4 is 18.1 Å². The molecule has 0 aliphatic rings. The van der Waals surface area contributed by atoms with Crippen LogP contribution in [0.25, 0.3) is 0 Å². The van der Waals surface area contributed by atoms with E-state index >= 15 is 0 Å². The van der Waals surface area contributed by atoms with E-state index in [1.54, 1.807) is 12.1 Å². The topological polar surface area (TPSA) is 99.0 Å². The fourth-order valence-electron chi connectivity index (χ4n) is 1.55. The number of carboxylic acids is 1. The largest absolute Gasteiger partial charge is 0.508 e. The van der Waals surface area contributed by atoms with E-state index in [4.69, 9.17) is 10.2 Å². The molecule has 0 fully saturated rings. The Bertz CT molecular complexity index is 676. The fourth-order valence-corrected chi connectivity index (χ4v) is 1.55. The van der Waals surface area contributed by atoms with E-state index in [0.717, 1.165) is 0 Å². The SMILES string of the molecule is O=C(O)c1ccc(/C=N\NC(=O)c2ccc(O)cc2)cc1. The highest BCUT2D eigenvalue weighted by atomic mass is 16.4. The zero-order chi connectivity index (χ0) is 15.2. The summed E-state index contributed by atoms with van der Waals surface area (Å²) in [5.41, 5.74) is 3.54. The summed E-state index contributed by atoms with van der Waals surface area (Å²) >= 11 is 0. The minimum absolute atomic E-state index is 0.0774. The number of phenolic OH excluding ortho intramolecular Hbond substituents is 1. The fraction of sp³-hybridized carbons (Fsp3) is 0. The number of carboxylic acid groups (broad SMARTS) is 1. The summed E-state index contributed by atoms with van der Waals surface area (Å²) < 4.78 is 0. The Morgan fingerprint density at radius 3 is 2.10 bits per heavy atom. The minimum Gasteiger partial charge on any atom is -0.508 e. The highest BCUT2D eigenvalue weighted by Gasteiger charge is 2.03. The molecule has 2 aromatic rings. The number of phenols is 1. The van der Waals surface area contributed by atoms with Crippen molar-refractivity contribution in [3.8, 4) is 5.75 Å². The first-order valence-electron chi connectivity index (χ1n) is 6.02. The summed E-state index contributed by atoms with van der Waals surface area (Å²) in [4.78, 5) is 22.4. The molecule has 6 heteroatoms. The van der Waals surface area contributed by atoms with Crippen LogP contribution in [-0.2, 0) is 0 Å². The first kappa shape index (κ1) is 14.3. The van der Waals surface area contributed by atoms with Gasteiger partial charge in [0.1, 0.15) is 5.75 Å². The lowest BCUT2D eigenvalue weighted by Gasteiger charge is -2.00. The summed E-state index contributed by atoms with van der Waals surface area (Å²) in [6.07, 6.45) is 1.41. The maximum absolute atomic E-state index is 11.7. The molecule has 0 bridgehead atoms. The molecular formula is C15H12N2O4. The quantitative estimate of drug-likeness (QED) is 0.589. The number of carbonyl (C=O) groups excluding carboxylic acids is 1. The number of hydrogen-bond acceptors (Lipinski definition) is 4. The number of carbonyl (C=O) groups is 2. The van der Waals surface area contributed by atoms with Crippen LogP contribution >= 0.6 is 0 Å². The highest BCUT2D eigenvalue weighted by Crippen LogP contribution is 2.09. The highest BCUT2D eigenvalue weighted by molar-refractivity contribution is 5.95. The monoisotopic (exact) mass is 284 g/mol. The van der Waals surface area contributed by atoms with Gasteiger partial charge >= 0.3 is 5.97 Å². The number of rotatable bonds is 4. The van der Waals surface area contributed by atoms with Gasteiger partial charge in [0.25, 0.3) is 5.91 Å². The van der Waals surface area contributed by atoms with Crippen LogP contribution in [0, 0.1) is 0 Å². The summed E-state index contributed by atoms with van der Waals surface area (Å²) in [6.45, 7) is 0.